The molecule has 0 bridgehead atoms. The van der Waals surface area contributed by atoms with Crippen molar-refractivity contribution in [2.75, 3.05) is 19.8 Å². The molecule has 2 aliphatic heterocycles. The monoisotopic (exact) mass is 508 g/mol. The van der Waals surface area contributed by atoms with Gasteiger partial charge in [-0.15, -0.1) is 0 Å². The van der Waals surface area contributed by atoms with Crippen molar-refractivity contribution in [3.63, 3.8) is 0 Å². The number of hydrogen-bond acceptors (Lipinski definition) is 4. The summed E-state index contributed by atoms with van der Waals surface area (Å²) in [6.45, 7) is 3.10. The van der Waals surface area contributed by atoms with E-state index in [1.54, 1.807) is 0 Å². The van der Waals surface area contributed by atoms with Gasteiger partial charge in [-0.25, -0.2) is 22.0 Å². The van der Waals surface area contributed by atoms with E-state index in [1.807, 2.05) is 0 Å². The van der Waals surface area contributed by atoms with Crippen LogP contribution in [0.3, 0.4) is 0 Å². The maximum absolute atomic E-state index is 14.6. The van der Waals surface area contributed by atoms with Crippen LogP contribution in [0.25, 0.3) is 0 Å². The molecule has 2 aliphatic rings. The second kappa shape index (κ2) is 10.3. The SMILES string of the molecule is CC1CCCC(C2COC(c3cc(F)c(C(F)(F)Oc4cc(F)c(F)c(F)c4)c(F)c3)OC2)OC1. The molecule has 4 nitrogen and oxygen atoms in total. The molecule has 2 aromatic rings. The molecule has 2 saturated heterocycles. The largest absolute Gasteiger partial charge is 0.432 e. The van der Waals surface area contributed by atoms with Crippen molar-refractivity contribution < 1.29 is 49.7 Å². The molecule has 0 radical (unpaired) electrons. The Morgan fingerprint density at radius 2 is 1.40 bits per heavy atom. The maximum atomic E-state index is 14.6. The molecule has 0 spiro atoms. The number of hydrogen-bond donors (Lipinski definition) is 0. The molecule has 2 fully saturated rings. The van der Waals surface area contributed by atoms with Gasteiger partial charge < -0.3 is 18.9 Å². The summed E-state index contributed by atoms with van der Waals surface area (Å²) in [6, 6.07) is 1.48. The fourth-order valence-corrected chi connectivity index (χ4v) is 4.22. The molecule has 2 heterocycles. The summed E-state index contributed by atoms with van der Waals surface area (Å²) < 4.78 is 119. The van der Waals surface area contributed by atoms with E-state index in [0.29, 0.717) is 24.7 Å². The van der Waals surface area contributed by atoms with Crippen LogP contribution in [0, 0.1) is 40.9 Å². The van der Waals surface area contributed by atoms with Gasteiger partial charge in [0.15, 0.2) is 23.7 Å². The Hall–Kier alpha value is -2.37. The van der Waals surface area contributed by atoms with Crippen molar-refractivity contribution in [1.29, 1.82) is 0 Å². The van der Waals surface area contributed by atoms with Gasteiger partial charge in [-0.1, -0.05) is 13.3 Å². The Balaban J connectivity index is 1.46. The van der Waals surface area contributed by atoms with Crippen molar-refractivity contribution in [3.8, 4) is 5.75 Å². The first-order chi connectivity index (χ1) is 16.5. The fraction of sp³-hybridized carbons (Fsp3) is 0.500. The number of alkyl halides is 2. The van der Waals surface area contributed by atoms with Crippen LogP contribution in [-0.4, -0.2) is 25.9 Å². The van der Waals surface area contributed by atoms with E-state index in [-0.39, 0.29) is 42.9 Å². The first-order valence-electron chi connectivity index (χ1n) is 11.1. The standard InChI is InChI=1S/C24H23F7O4/c1-12-3-2-4-20(32-9-12)14-10-33-23(34-11-14)13-5-16(25)21(17(26)6-13)24(30,31)35-15-7-18(27)22(29)19(28)8-15/h5-8,12,14,20,23H,2-4,9-11H2,1H3. The highest BCUT2D eigenvalue weighted by atomic mass is 19.3. The van der Waals surface area contributed by atoms with E-state index in [0.717, 1.165) is 19.3 Å². The van der Waals surface area contributed by atoms with E-state index in [1.165, 1.54) is 0 Å². The van der Waals surface area contributed by atoms with Crippen LogP contribution in [0.15, 0.2) is 24.3 Å². The minimum absolute atomic E-state index is 0.0753. The van der Waals surface area contributed by atoms with Crippen LogP contribution in [0.2, 0.25) is 0 Å². The van der Waals surface area contributed by atoms with E-state index in [4.69, 9.17) is 14.2 Å². The summed E-state index contributed by atoms with van der Waals surface area (Å²) in [5.41, 5.74) is -1.96. The van der Waals surface area contributed by atoms with Crippen LogP contribution in [0.5, 0.6) is 5.75 Å². The zero-order valence-electron chi connectivity index (χ0n) is 18.6. The fourth-order valence-electron chi connectivity index (χ4n) is 4.22. The molecular weight excluding hydrogens is 485 g/mol. The van der Waals surface area contributed by atoms with Gasteiger partial charge in [0.1, 0.15) is 22.9 Å². The van der Waals surface area contributed by atoms with Gasteiger partial charge in [-0.3, -0.25) is 0 Å². The zero-order chi connectivity index (χ0) is 25.3. The van der Waals surface area contributed by atoms with Gasteiger partial charge >= 0.3 is 6.11 Å². The predicted octanol–water partition coefficient (Wildman–Crippen LogP) is 6.38. The molecule has 0 aliphatic carbocycles. The predicted molar refractivity (Wildman–Crippen MR) is 108 cm³/mol. The topological polar surface area (TPSA) is 36.9 Å². The average molecular weight is 508 g/mol. The third kappa shape index (κ3) is 5.73. The van der Waals surface area contributed by atoms with Crippen LogP contribution < -0.4 is 4.74 Å². The molecule has 11 heteroatoms. The number of halogens is 7. The first kappa shape index (κ1) is 25.7. The molecule has 2 unspecified atom stereocenters. The van der Waals surface area contributed by atoms with Crippen molar-refractivity contribution >= 4 is 0 Å². The summed E-state index contributed by atoms with van der Waals surface area (Å²) in [6.07, 6.45) is -3.05. The second-order valence-electron chi connectivity index (χ2n) is 8.85. The minimum atomic E-state index is -4.67. The lowest BCUT2D eigenvalue weighted by atomic mass is 9.97. The molecule has 192 valence electrons. The maximum Gasteiger partial charge on any atom is 0.432 e. The quantitative estimate of drug-likeness (QED) is 0.347. The van der Waals surface area contributed by atoms with Crippen LogP contribution in [0.1, 0.15) is 43.6 Å². The Morgan fingerprint density at radius 1 is 0.800 bits per heavy atom. The molecule has 0 N–H and O–H groups in total. The smallest absolute Gasteiger partial charge is 0.429 e. The normalized spacial score (nSPS) is 25.8. The summed E-state index contributed by atoms with van der Waals surface area (Å²) in [5.74, 6) is -9.69. The lowest BCUT2D eigenvalue weighted by Gasteiger charge is -2.34. The molecule has 2 aromatic carbocycles. The van der Waals surface area contributed by atoms with Crippen molar-refractivity contribution in [3.05, 3.63) is 64.5 Å². The van der Waals surface area contributed by atoms with E-state index in [9.17, 15) is 30.7 Å². The molecule has 0 saturated carbocycles. The third-order valence-corrected chi connectivity index (χ3v) is 6.06. The summed E-state index contributed by atoms with van der Waals surface area (Å²) in [4.78, 5) is 0. The Kier molecular flexibility index (Phi) is 7.58. The average Bonchev–Trinajstić information content (AvgIpc) is 3.01. The lowest BCUT2D eigenvalue weighted by Crippen LogP contribution is -2.37. The van der Waals surface area contributed by atoms with Crippen LogP contribution in [-0.2, 0) is 20.3 Å². The van der Waals surface area contributed by atoms with Gasteiger partial charge in [-0.05, 0) is 30.9 Å². The summed E-state index contributed by atoms with van der Waals surface area (Å²) in [5, 5.41) is 0. The third-order valence-electron chi connectivity index (χ3n) is 6.06. The van der Waals surface area contributed by atoms with E-state index in [2.05, 4.69) is 11.7 Å². The van der Waals surface area contributed by atoms with Gasteiger partial charge in [-0.2, -0.15) is 8.78 Å². The number of ether oxygens (including phenoxy) is 4. The van der Waals surface area contributed by atoms with E-state index < -0.39 is 52.8 Å². The molecule has 0 amide bonds. The highest BCUT2D eigenvalue weighted by molar-refractivity contribution is 5.32. The highest BCUT2D eigenvalue weighted by Gasteiger charge is 2.42. The molecule has 2 atom stereocenters. The van der Waals surface area contributed by atoms with Gasteiger partial charge in [0.25, 0.3) is 0 Å². The van der Waals surface area contributed by atoms with Crippen LogP contribution in [0.4, 0.5) is 30.7 Å². The van der Waals surface area contributed by atoms with Crippen molar-refractivity contribution in [2.45, 2.75) is 44.7 Å². The minimum Gasteiger partial charge on any atom is -0.429 e. The Morgan fingerprint density at radius 3 is 2.00 bits per heavy atom. The Bertz CT molecular complexity index is 1010. The number of rotatable bonds is 5. The number of benzene rings is 2. The second-order valence-corrected chi connectivity index (χ2v) is 8.85. The summed E-state index contributed by atoms with van der Waals surface area (Å²) in [7, 11) is 0. The van der Waals surface area contributed by atoms with Crippen LogP contribution >= 0.6 is 0 Å². The lowest BCUT2D eigenvalue weighted by molar-refractivity contribution is -0.223. The first-order valence-corrected chi connectivity index (χ1v) is 11.1. The van der Waals surface area contributed by atoms with Gasteiger partial charge in [0.05, 0.1) is 19.3 Å². The highest BCUT2D eigenvalue weighted by Crippen LogP contribution is 2.38. The van der Waals surface area contributed by atoms with E-state index >= 15 is 0 Å². The Labute approximate surface area is 196 Å². The van der Waals surface area contributed by atoms with Gasteiger partial charge in [0, 0.05) is 30.2 Å². The van der Waals surface area contributed by atoms with Crippen molar-refractivity contribution in [2.24, 2.45) is 11.8 Å². The summed E-state index contributed by atoms with van der Waals surface area (Å²) >= 11 is 0. The zero-order valence-corrected chi connectivity index (χ0v) is 18.6. The van der Waals surface area contributed by atoms with Gasteiger partial charge in [0.2, 0.25) is 0 Å². The molecule has 4 rings (SSSR count). The van der Waals surface area contributed by atoms with Crippen molar-refractivity contribution in [1.82, 2.24) is 0 Å². The molecular formula is C24H23F7O4. The molecule has 35 heavy (non-hydrogen) atoms. The molecule has 0 aromatic heterocycles.